The van der Waals surface area contributed by atoms with Gasteiger partial charge in [-0.05, 0) is 37.5 Å². The molecule has 1 heterocycles. The van der Waals surface area contributed by atoms with Crippen molar-refractivity contribution in [3.05, 3.63) is 29.8 Å². The van der Waals surface area contributed by atoms with E-state index in [0.29, 0.717) is 11.3 Å². The number of imide groups is 1. The number of amides is 5. The molecule has 1 aromatic rings. The maximum Gasteiger partial charge on any atom is 0.407 e. The third-order valence-electron chi connectivity index (χ3n) is 4.25. The Morgan fingerprint density at radius 3 is 2.52 bits per heavy atom. The zero-order valence-electron chi connectivity index (χ0n) is 15.7. The molecule has 4 N–H and O–H groups in total. The first-order valence-corrected chi connectivity index (χ1v) is 8.65. The summed E-state index contributed by atoms with van der Waals surface area (Å²) in [5.74, 6) is -1.06. The highest BCUT2D eigenvalue weighted by Crippen LogP contribution is 2.26. The molecule has 9 heteroatoms. The summed E-state index contributed by atoms with van der Waals surface area (Å²) in [6, 6.07) is 5.23. The van der Waals surface area contributed by atoms with Crippen LogP contribution in [0.15, 0.2) is 24.3 Å². The van der Waals surface area contributed by atoms with E-state index in [-0.39, 0.29) is 12.5 Å². The van der Waals surface area contributed by atoms with Gasteiger partial charge in [0.15, 0.2) is 0 Å². The van der Waals surface area contributed by atoms with Crippen molar-refractivity contribution in [1.82, 2.24) is 16.0 Å². The Bertz CT molecular complexity index is 764. The average Bonchev–Trinajstić information content (AvgIpc) is 2.86. The number of rotatable bonds is 6. The predicted octanol–water partition coefficient (Wildman–Crippen LogP) is 1.45. The van der Waals surface area contributed by atoms with Gasteiger partial charge in [0.25, 0.3) is 5.91 Å². The third-order valence-corrected chi connectivity index (χ3v) is 4.25. The molecule has 1 fully saturated rings. The van der Waals surface area contributed by atoms with Crippen molar-refractivity contribution >= 4 is 29.6 Å². The second-order valence-electron chi connectivity index (χ2n) is 6.69. The molecule has 0 aliphatic carbocycles. The molecule has 9 nitrogen and oxygen atoms in total. The summed E-state index contributed by atoms with van der Waals surface area (Å²) in [5.41, 5.74) is -0.273. The summed E-state index contributed by atoms with van der Waals surface area (Å²) in [7, 11) is 0. The maximum atomic E-state index is 12.6. The Morgan fingerprint density at radius 2 is 1.96 bits per heavy atom. The molecule has 1 aliphatic rings. The lowest BCUT2D eigenvalue weighted by Crippen LogP contribution is -2.47. The number of urea groups is 1. The van der Waals surface area contributed by atoms with Crippen LogP contribution in [0.5, 0.6) is 0 Å². The van der Waals surface area contributed by atoms with Crippen LogP contribution in [0.4, 0.5) is 15.3 Å². The molecule has 0 radical (unpaired) electrons. The quantitative estimate of drug-likeness (QED) is 0.559. The van der Waals surface area contributed by atoms with Crippen LogP contribution in [0.3, 0.4) is 0 Å². The zero-order valence-corrected chi connectivity index (χ0v) is 15.7. The van der Waals surface area contributed by atoms with Crippen LogP contribution < -0.4 is 21.3 Å². The van der Waals surface area contributed by atoms with Gasteiger partial charge in [-0.3, -0.25) is 14.9 Å². The molecule has 0 spiro atoms. The predicted molar refractivity (Wildman–Crippen MR) is 97.9 cm³/mol. The van der Waals surface area contributed by atoms with E-state index < -0.39 is 35.5 Å². The number of ether oxygens (including phenoxy) is 1. The molecule has 0 bridgehead atoms. The van der Waals surface area contributed by atoms with Crippen molar-refractivity contribution in [2.75, 3.05) is 11.9 Å². The summed E-state index contributed by atoms with van der Waals surface area (Å²) in [6.07, 6.45) is -0.669. The van der Waals surface area contributed by atoms with Gasteiger partial charge in [0.05, 0.1) is 6.61 Å². The lowest BCUT2D eigenvalue weighted by atomic mass is 9.92. The van der Waals surface area contributed by atoms with Crippen molar-refractivity contribution in [3.8, 4) is 0 Å². The number of nitrogens with one attached hydrogen (secondary N) is 4. The van der Waals surface area contributed by atoms with Crippen LogP contribution >= 0.6 is 0 Å². The van der Waals surface area contributed by atoms with E-state index in [1.807, 2.05) is 0 Å². The van der Waals surface area contributed by atoms with Crippen LogP contribution in [0, 0.1) is 5.92 Å². The minimum absolute atomic E-state index is 0.171. The Morgan fingerprint density at radius 1 is 1.26 bits per heavy atom. The highest BCUT2D eigenvalue weighted by molar-refractivity contribution is 6.07. The fourth-order valence-corrected chi connectivity index (χ4v) is 2.71. The summed E-state index contributed by atoms with van der Waals surface area (Å²) in [5, 5.41) is 10.0. The lowest BCUT2D eigenvalue weighted by Gasteiger charge is -2.23. The van der Waals surface area contributed by atoms with Crippen molar-refractivity contribution in [1.29, 1.82) is 0 Å². The van der Waals surface area contributed by atoms with Gasteiger partial charge < -0.3 is 20.7 Å². The van der Waals surface area contributed by atoms with E-state index >= 15 is 0 Å². The lowest BCUT2D eigenvalue weighted by molar-refractivity contribution is -0.123. The second-order valence-corrected chi connectivity index (χ2v) is 6.69. The minimum Gasteiger partial charge on any atom is -0.450 e. The number of carbonyl (C=O) groups is 4. The smallest absolute Gasteiger partial charge is 0.407 e. The first kappa shape index (κ1) is 20.2. The molecule has 1 saturated heterocycles. The molecule has 2 atom stereocenters. The normalized spacial score (nSPS) is 19.9. The van der Waals surface area contributed by atoms with E-state index in [0.717, 1.165) is 0 Å². The molecule has 0 aromatic heterocycles. The van der Waals surface area contributed by atoms with Gasteiger partial charge in [-0.25, -0.2) is 9.59 Å². The molecule has 146 valence electrons. The highest BCUT2D eigenvalue weighted by Gasteiger charge is 2.43. The Balaban J connectivity index is 2.17. The SMILES string of the molecule is CCOC(=O)NC(C(=O)Nc1cccc(C2(C)NC(=O)NC2=O)c1)C(C)C. The van der Waals surface area contributed by atoms with Gasteiger partial charge in [-0.15, -0.1) is 0 Å². The summed E-state index contributed by atoms with van der Waals surface area (Å²) >= 11 is 0. The van der Waals surface area contributed by atoms with E-state index in [9.17, 15) is 19.2 Å². The van der Waals surface area contributed by atoms with Crippen LogP contribution in [0.25, 0.3) is 0 Å². The van der Waals surface area contributed by atoms with Crippen LogP contribution in [0.1, 0.15) is 33.3 Å². The fraction of sp³-hybridized carbons (Fsp3) is 0.444. The number of benzene rings is 1. The minimum atomic E-state index is -1.22. The van der Waals surface area contributed by atoms with Gasteiger partial charge in [-0.2, -0.15) is 0 Å². The number of anilines is 1. The Labute approximate surface area is 157 Å². The highest BCUT2D eigenvalue weighted by atomic mass is 16.5. The van der Waals surface area contributed by atoms with Gasteiger partial charge >= 0.3 is 12.1 Å². The average molecular weight is 376 g/mol. The van der Waals surface area contributed by atoms with Crippen LogP contribution in [-0.2, 0) is 19.9 Å². The molecule has 2 rings (SSSR count). The van der Waals surface area contributed by atoms with E-state index in [2.05, 4.69) is 21.3 Å². The summed E-state index contributed by atoms with van der Waals surface area (Å²) < 4.78 is 4.83. The number of alkyl carbamates (subject to hydrolysis) is 1. The molecule has 27 heavy (non-hydrogen) atoms. The van der Waals surface area contributed by atoms with E-state index in [4.69, 9.17) is 4.74 Å². The molecule has 1 aliphatic heterocycles. The third kappa shape index (κ3) is 4.55. The second kappa shape index (κ2) is 8.07. The van der Waals surface area contributed by atoms with Crippen molar-refractivity contribution < 1.29 is 23.9 Å². The fourth-order valence-electron chi connectivity index (χ4n) is 2.71. The molecular weight excluding hydrogens is 352 g/mol. The molecule has 0 saturated carbocycles. The van der Waals surface area contributed by atoms with Crippen molar-refractivity contribution in [2.45, 2.75) is 39.3 Å². The monoisotopic (exact) mass is 376 g/mol. The largest absolute Gasteiger partial charge is 0.450 e. The molecule has 1 aromatic carbocycles. The first-order valence-electron chi connectivity index (χ1n) is 8.65. The van der Waals surface area contributed by atoms with Crippen molar-refractivity contribution in [3.63, 3.8) is 0 Å². The molecule has 5 amide bonds. The van der Waals surface area contributed by atoms with Gasteiger partial charge in [0.2, 0.25) is 5.91 Å². The Kier molecular flexibility index (Phi) is 6.04. The molecule has 2 unspecified atom stereocenters. The zero-order chi connectivity index (χ0) is 20.2. The van der Waals surface area contributed by atoms with Crippen LogP contribution in [-0.4, -0.2) is 36.6 Å². The van der Waals surface area contributed by atoms with Gasteiger partial charge in [0.1, 0.15) is 11.6 Å². The van der Waals surface area contributed by atoms with Crippen LogP contribution in [0.2, 0.25) is 0 Å². The number of hydrogen-bond acceptors (Lipinski definition) is 5. The van der Waals surface area contributed by atoms with E-state index in [1.54, 1.807) is 52.0 Å². The first-order chi connectivity index (χ1) is 12.7. The Hall–Kier alpha value is -3.10. The molecular formula is C18H24N4O5. The standard InChI is InChI=1S/C18H24N4O5/c1-5-27-17(26)20-13(10(2)3)14(23)19-12-8-6-7-11(9-12)18(4)15(24)21-16(25)22-18/h6-10,13H,5H2,1-4H3,(H,19,23)(H,20,26)(H2,21,22,24,25). The summed E-state index contributed by atoms with van der Waals surface area (Å²) in [4.78, 5) is 47.8. The summed E-state index contributed by atoms with van der Waals surface area (Å²) in [6.45, 7) is 7.05. The van der Waals surface area contributed by atoms with E-state index in [1.165, 1.54) is 0 Å². The van der Waals surface area contributed by atoms with Gasteiger partial charge in [0, 0.05) is 5.69 Å². The maximum absolute atomic E-state index is 12.6. The number of hydrogen-bond donors (Lipinski definition) is 4. The van der Waals surface area contributed by atoms with Gasteiger partial charge in [-0.1, -0.05) is 26.0 Å². The number of carbonyl (C=O) groups excluding carboxylic acids is 4. The van der Waals surface area contributed by atoms with Crippen molar-refractivity contribution in [2.24, 2.45) is 5.92 Å². The topological polar surface area (TPSA) is 126 Å².